The maximum atomic E-state index is 15.9. The summed E-state index contributed by atoms with van der Waals surface area (Å²) in [6, 6.07) is 8.98. The van der Waals surface area contributed by atoms with E-state index in [0.717, 1.165) is 0 Å². The van der Waals surface area contributed by atoms with Crippen molar-refractivity contribution < 1.29 is 9.18 Å². The van der Waals surface area contributed by atoms with E-state index in [1.54, 1.807) is 31.5 Å². The Bertz CT molecular complexity index is 1740. The molecule has 36 heavy (non-hydrogen) atoms. The Morgan fingerprint density at radius 2 is 1.97 bits per heavy atom. The third kappa shape index (κ3) is 3.63. The van der Waals surface area contributed by atoms with Gasteiger partial charge in [0.2, 0.25) is 5.91 Å². The average Bonchev–Trinajstić information content (AvgIpc) is 3.54. The molecule has 10 nitrogen and oxygen atoms in total. The molecule has 0 spiro atoms. The number of nitrogens with zero attached hydrogens (tertiary/aromatic N) is 6. The lowest BCUT2D eigenvalue weighted by molar-refractivity contribution is -0.115. The van der Waals surface area contributed by atoms with Gasteiger partial charge in [0, 0.05) is 42.3 Å². The normalized spacial score (nSPS) is 11.3. The smallest absolute Gasteiger partial charge is 0.224 e. The summed E-state index contributed by atoms with van der Waals surface area (Å²) in [5.41, 5.74) is 4.30. The van der Waals surface area contributed by atoms with Crippen LogP contribution in [-0.4, -0.2) is 46.0 Å². The number of amides is 1. The molecule has 176 valence electrons. The average molecular weight is 479 g/mol. The van der Waals surface area contributed by atoms with Crippen LogP contribution >= 0.6 is 0 Å². The number of carbonyl (C=O) groups is 1. The van der Waals surface area contributed by atoms with Crippen LogP contribution in [-0.2, 0) is 4.79 Å². The number of halogens is 1. The summed E-state index contributed by atoms with van der Waals surface area (Å²) in [5, 5.41) is 9.99. The van der Waals surface area contributed by atoms with Crippen molar-refractivity contribution in [3.05, 3.63) is 67.1 Å². The summed E-state index contributed by atoms with van der Waals surface area (Å²) >= 11 is 0. The molecule has 6 aromatic rings. The van der Waals surface area contributed by atoms with Gasteiger partial charge in [-0.3, -0.25) is 24.8 Å². The highest BCUT2D eigenvalue weighted by Gasteiger charge is 2.21. The summed E-state index contributed by atoms with van der Waals surface area (Å²) in [6.07, 6.45) is 8.09. The highest BCUT2D eigenvalue weighted by atomic mass is 19.1. The van der Waals surface area contributed by atoms with Crippen molar-refractivity contribution in [1.82, 2.24) is 40.1 Å². The summed E-state index contributed by atoms with van der Waals surface area (Å²) in [7, 11) is 0. The van der Waals surface area contributed by atoms with Gasteiger partial charge in [0.15, 0.2) is 11.5 Å². The molecule has 0 saturated heterocycles. The van der Waals surface area contributed by atoms with Crippen LogP contribution in [0.25, 0.3) is 56.1 Å². The van der Waals surface area contributed by atoms with Gasteiger partial charge in [-0.15, -0.1) is 0 Å². The lowest BCUT2D eigenvalue weighted by Gasteiger charge is -2.07. The van der Waals surface area contributed by atoms with Crippen LogP contribution in [0.2, 0.25) is 0 Å². The maximum absolute atomic E-state index is 15.9. The van der Waals surface area contributed by atoms with Crippen molar-refractivity contribution in [3.8, 4) is 34.0 Å². The Morgan fingerprint density at radius 1 is 1.06 bits per heavy atom. The van der Waals surface area contributed by atoms with Gasteiger partial charge in [0.05, 0.1) is 28.5 Å². The van der Waals surface area contributed by atoms with Crippen molar-refractivity contribution in [2.45, 2.75) is 13.3 Å². The molecule has 0 atom stereocenters. The number of hydrogen-bond donors (Lipinski definition) is 3. The van der Waals surface area contributed by atoms with Crippen molar-refractivity contribution in [2.24, 2.45) is 0 Å². The molecule has 0 unspecified atom stereocenters. The van der Waals surface area contributed by atoms with Crippen LogP contribution in [0.3, 0.4) is 0 Å². The van der Waals surface area contributed by atoms with E-state index >= 15 is 4.39 Å². The SMILES string of the molecule is CCC(=O)Nc1cncc(-c2cnc3[nH]nc(-c4nc5c(-c6ccccn6)nccc5[nH]4)c3c2F)c1. The van der Waals surface area contributed by atoms with Crippen LogP contribution in [0.1, 0.15) is 13.3 Å². The lowest BCUT2D eigenvalue weighted by atomic mass is 10.1. The zero-order valence-electron chi connectivity index (χ0n) is 19.0. The van der Waals surface area contributed by atoms with Gasteiger partial charge in [-0.25, -0.2) is 14.4 Å². The number of aromatic amines is 2. The summed E-state index contributed by atoms with van der Waals surface area (Å²) in [5.74, 6) is -0.334. The molecule has 0 aliphatic carbocycles. The first kappa shape index (κ1) is 21.5. The molecule has 11 heteroatoms. The van der Waals surface area contributed by atoms with Gasteiger partial charge in [0.25, 0.3) is 0 Å². The second-order valence-corrected chi connectivity index (χ2v) is 8.00. The molecule has 0 saturated carbocycles. The lowest BCUT2D eigenvalue weighted by Crippen LogP contribution is -2.09. The molecule has 0 bridgehead atoms. The Balaban J connectivity index is 1.47. The maximum Gasteiger partial charge on any atom is 0.224 e. The number of nitrogens with one attached hydrogen (secondary N) is 3. The number of aromatic nitrogens is 8. The van der Waals surface area contributed by atoms with E-state index in [9.17, 15) is 4.79 Å². The van der Waals surface area contributed by atoms with Gasteiger partial charge >= 0.3 is 0 Å². The van der Waals surface area contributed by atoms with E-state index in [4.69, 9.17) is 0 Å². The molecule has 6 heterocycles. The quantitative estimate of drug-likeness (QED) is 0.331. The Morgan fingerprint density at radius 3 is 2.81 bits per heavy atom. The number of imidazole rings is 1. The first-order valence-corrected chi connectivity index (χ1v) is 11.2. The fourth-order valence-corrected chi connectivity index (χ4v) is 3.97. The van der Waals surface area contributed by atoms with Crippen LogP contribution in [0.5, 0.6) is 0 Å². The molecule has 0 aromatic carbocycles. The highest BCUT2D eigenvalue weighted by Crippen LogP contribution is 2.34. The minimum atomic E-state index is -0.534. The molecule has 0 aliphatic heterocycles. The minimum Gasteiger partial charge on any atom is -0.336 e. The van der Waals surface area contributed by atoms with E-state index in [-0.39, 0.29) is 28.2 Å². The Hall–Kier alpha value is -5.06. The molecule has 6 aromatic heterocycles. The zero-order chi connectivity index (χ0) is 24.6. The third-order valence-electron chi connectivity index (χ3n) is 5.71. The third-order valence-corrected chi connectivity index (χ3v) is 5.71. The molecule has 1 amide bonds. The molecule has 6 rings (SSSR count). The Kier molecular flexibility index (Phi) is 5.14. The topological polar surface area (TPSA) is 138 Å². The standard InChI is InChI=1S/C25H18FN9O/c1-2-18(36)31-14-9-13(10-27-11-14)15-12-30-24-19(20(15)26)23(34-35-24)25-32-17-6-8-29-21(22(17)33-25)16-5-3-4-7-28-16/h3-12H,2H2,1H3,(H,31,36)(H,32,33)(H,30,34,35). The van der Waals surface area contributed by atoms with Gasteiger partial charge in [0.1, 0.15) is 22.7 Å². The summed E-state index contributed by atoms with van der Waals surface area (Å²) in [4.78, 5) is 37.0. The van der Waals surface area contributed by atoms with Crippen molar-refractivity contribution in [3.63, 3.8) is 0 Å². The van der Waals surface area contributed by atoms with Crippen molar-refractivity contribution in [1.29, 1.82) is 0 Å². The number of anilines is 1. The number of fused-ring (bicyclic) bond motifs is 2. The van der Waals surface area contributed by atoms with Crippen LogP contribution in [0.15, 0.2) is 61.3 Å². The van der Waals surface area contributed by atoms with Crippen LogP contribution in [0.4, 0.5) is 10.1 Å². The second kappa shape index (κ2) is 8.62. The summed E-state index contributed by atoms with van der Waals surface area (Å²) < 4.78 is 15.9. The molecular weight excluding hydrogens is 461 g/mol. The van der Waals surface area contributed by atoms with Crippen molar-refractivity contribution in [2.75, 3.05) is 5.32 Å². The number of H-pyrrole nitrogens is 2. The van der Waals surface area contributed by atoms with Gasteiger partial charge < -0.3 is 10.3 Å². The molecule has 0 aliphatic rings. The first-order chi connectivity index (χ1) is 17.6. The van der Waals surface area contributed by atoms with Gasteiger partial charge in [-0.1, -0.05) is 13.0 Å². The van der Waals surface area contributed by atoms with E-state index < -0.39 is 5.82 Å². The number of carbonyl (C=O) groups excluding carboxylic acids is 1. The number of rotatable bonds is 5. The Labute approximate surface area is 203 Å². The summed E-state index contributed by atoms with van der Waals surface area (Å²) in [6.45, 7) is 1.75. The van der Waals surface area contributed by atoms with Crippen LogP contribution in [0, 0.1) is 5.82 Å². The minimum absolute atomic E-state index is 0.162. The second-order valence-electron chi connectivity index (χ2n) is 8.00. The predicted molar refractivity (Wildman–Crippen MR) is 132 cm³/mol. The zero-order valence-corrected chi connectivity index (χ0v) is 19.0. The first-order valence-electron chi connectivity index (χ1n) is 11.2. The number of hydrogen-bond acceptors (Lipinski definition) is 7. The van der Waals surface area contributed by atoms with Gasteiger partial charge in [-0.05, 0) is 24.3 Å². The molecule has 0 fully saturated rings. The monoisotopic (exact) mass is 479 g/mol. The largest absolute Gasteiger partial charge is 0.336 e. The van der Waals surface area contributed by atoms with E-state index in [1.807, 2.05) is 18.2 Å². The molecular formula is C25H18FN9O. The van der Waals surface area contributed by atoms with E-state index in [0.29, 0.717) is 45.9 Å². The highest BCUT2D eigenvalue weighted by molar-refractivity contribution is 5.96. The van der Waals surface area contributed by atoms with E-state index in [1.165, 1.54) is 18.6 Å². The van der Waals surface area contributed by atoms with Crippen LogP contribution < -0.4 is 5.32 Å². The molecule has 3 N–H and O–H groups in total. The fraction of sp³-hybridized carbons (Fsp3) is 0.0800. The van der Waals surface area contributed by atoms with Crippen molar-refractivity contribution >= 4 is 33.7 Å². The number of pyridine rings is 4. The fourth-order valence-electron chi connectivity index (χ4n) is 3.97. The van der Waals surface area contributed by atoms with Gasteiger partial charge in [-0.2, -0.15) is 5.10 Å². The van der Waals surface area contributed by atoms with E-state index in [2.05, 4.69) is 45.4 Å². The molecule has 0 radical (unpaired) electrons. The predicted octanol–water partition coefficient (Wildman–Crippen LogP) is 4.51.